The maximum absolute atomic E-state index is 12.5. The highest BCUT2D eigenvalue weighted by atomic mass is 16.2. The highest BCUT2D eigenvalue weighted by molar-refractivity contribution is 5.97. The molecule has 0 saturated heterocycles. The monoisotopic (exact) mass is 321 g/mol. The molecular formula is C20H23N3O. The van der Waals surface area contributed by atoms with Gasteiger partial charge in [0.1, 0.15) is 17.2 Å². The lowest BCUT2D eigenvalue weighted by molar-refractivity contribution is -0.123. The number of nitrogens with one attached hydrogen (secondary N) is 1. The minimum atomic E-state index is -0.474. The van der Waals surface area contributed by atoms with Gasteiger partial charge in [-0.05, 0) is 25.5 Å². The number of anilines is 1. The molecule has 3 aromatic rings. The van der Waals surface area contributed by atoms with Crippen LogP contribution in [0.15, 0.2) is 42.6 Å². The maximum Gasteiger partial charge on any atom is 0.230 e. The standard InChI is InChI=1S/C20H23N3O/c1-13-6-9-15(10-7-13)17-18(22-19(24)20(3,4)5)23-12-14(2)8-11-16(23)21-17/h6-12H,1-5H3,(H,22,24). The minimum Gasteiger partial charge on any atom is -0.309 e. The first kappa shape index (κ1) is 16.2. The van der Waals surface area contributed by atoms with Crippen LogP contribution in [0.1, 0.15) is 31.9 Å². The summed E-state index contributed by atoms with van der Waals surface area (Å²) in [4.78, 5) is 17.3. The smallest absolute Gasteiger partial charge is 0.230 e. The molecule has 0 radical (unpaired) electrons. The van der Waals surface area contributed by atoms with Crippen molar-refractivity contribution in [2.45, 2.75) is 34.6 Å². The summed E-state index contributed by atoms with van der Waals surface area (Å²) in [6.45, 7) is 9.80. The summed E-state index contributed by atoms with van der Waals surface area (Å²) in [5, 5.41) is 3.08. The summed E-state index contributed by atoms with van der Waals surface area (Å²) in [5.74, 6) is 0.691. The molecule has 1 amide bonds. The summed E-state index contributed by atoms with van der Waals surface area (Å²) in [5.41, 5.74) is 4.43. The molecule has 1 aromatic carbocycles. The molecule has 0 unspecified atom stereocenters. The van der Waals surface area contributed by atoms with Crippen molar-refractivity contribution < 1.29 is 4.79 Å². The summed E-state index contributed by atoms with van der Waals surface area (Å²) in [7, 11) is 0. The molecule has 0 spiro atoms. The third kappa shape index (κ3) is 3.04. The normalized spacial score (nSPS) is 11.7. The molecule has 0 aliphatic carbocycles. The van der Waals surface area contributed by atoms with Crippen molar-refractivity contribution >= 4 is 17.4 Å². The van der Waals surface area contributed by atoms with E-state index in [4.69, 9.17) is 4.98 Å². The predicted molar refractivity (Wildman–Crippen MR) is 98.2 cm³/mol. The molecule has 0 fully saturated rings. The van der Waals surface area contributed by atoms with E-state index in [1.165, 1.54) is 5.56 Å². The Morgan fingerprint density at radius 2 is 1.62 bits per heavy atom. The Kier molecular flexibility index (Phi) is 3.91. The van der Waals surface area contributed by atoms with Gasteiger partial charge in [-0.2, -0.15) is 0 Å². The molecule has 124 valence electrons. The van der Waals surface area contributed by atoms with Gasteiger partial charge in [0, 0.05) is 17.2 Å². The van der Waals surface area contributed by atoms with Crippen molar-refractivity contribution in [2.24, 2.45) is 5.41 Å². The van der Waals surface area contributed by atoms with Crippen LogP contribution in [0.4, 0.5) is 5.82 Å². The fraction of sp³-hybridized carbons (Fsp3) is 0.300. The molecule has 1 N–H and O–H groups in total. The number of nitrogens with zero attached hydrogens (tertiary/aromatic N) is 2. The number of amides is 1. The second-order valence-electron chi connectivity index (χ2n) is 7.31. The van der Waals surface area contributed by atoms with E-state index in [-0.39, 0.29) is 5.91 Å². The molecule has 4 heteroatoms. The van der Waals surface area contributed by atoms with Crippen LogP contribution in [0.3, 0.4) is 0 Å². The van der Waals surface area contributed by atoms with Crippen LogP contribution in [-0.2, 0) is 4.79 Å². The number of hydrogen-bond donors (Lipinski definition) is 1. The molecule has 4 nitrogen and oxygen atoms in total. The van der Waals surface area contributed by atoms with E-state index >= 15 is 0 Å². The molecule has 3 rings (SSSR count). The zero-order valence-electron chi connectivity index (χ0n) is 14.8. The Bertz CT molecular complexity index is 899. The third-order valence-corrected chi connectivity index (χ3v) is 4.00. The molecule has 0 aliphatic heterocycles. The van der Waals surface area contributed by atoms with Gasteiger partial charge in [-0.15, -0.1) is 0 Å². The maximum atomic E-state index is 12.5. The molecule has 2 heterocycles. The van der Waals surface area contributed by atoms with Gasteiger partial charge in [0.15, 0.2) is 0 Å². The summed E-state index contributed by atoms with van der Waals surface area (Å²) in [6.07, 6.45) is 2.00. The molecule has 0 atom stereocenters. The van der Waals surface area contributed by atoms with Crippen molar-refractivity contribution in [2.75, 3.05) is 5.32 Å². The first-order valence-electron chi connectivity index (χ1n) is 8.13. The second-order valence-corrected chi connectivity index (χ2v) is 7.31. The fourth-order valence-corrected chi connectivity index (χ4v) is 2.48. The topological polar surface area (TPSA) is 46.4 Å². The number of rotatable bonds is 2. The molecule has 0 saturated carbocycles. The summed E-state index contributed by atoms with van der Waals surface area (Å²) in [6, 6.07) is 12.2. The van der Waals surface area contributed by atoms with Crippen LogP contribution in [0.2, 0.25) is 0 Å². The van der Waals surface area contributed by atoms with Gasteiger partial charge in [-0.1, -0.05) is 56.7 Å². The number of pyridine rings is 1. The van der Waals surface area contributed by atoms with E-state index in [9.17, 15) is 4.79 Å². The molecule has 2 aromatic heterocycles. The van der Waals surface area contributed by atoms with E-state index < -0.39 is 5.41 Å². The third-order valence-electron chi connectivity index (χ3n) is 4.00. The van der Waals surface area contributed by atoms with Crippen molar-refractivity contribution in [3.05, 3.63) is 53.7 Å². The van der Waals surface area contributed by atoms with Gasteiger partial charge in [0.25, 0.3) is 0 Å². The largest absolute Gasteiger partial charge is 0.309 e. The average Bonchev–Trinajstić information content (AvgIpc) is 2.85. The first-order valence-corrected chi connectivity index (χ1v) is 8.13. The highest BCUT2D eigenvalue weighted by Gasteiger charge is 2.24. The van der Waals surface area contributed by atoms with Crippen LogP contribution >= 0.6 is 0 Å². The van der Waals surface area contributed by atoms with Crippen molar-refractivity contribution in [3.63, 3.8) is 0 Å². The van der Waals surface area contributed by atoms with E-state index in [0.717, 1.165) is 28.3 Å². The van der Waals surface area contributed by atoms with Gasteiger partial charge in [0.2, 0.25) is 5.91 Å². The molecule has 0 bridgehead atoms. The van der Waals surface area contributed by atoms with E-state index in [2.05, 4.69) is 24.4 Å². The number of fused-ring (bicyclic) bond motifs is 1. The Hall–Kier alpha value is -2.62. The summed E-state index contributed by atoms with van der Waals surface area (Å²) < 4.78 is 1.95. The lowest BCUT2D eigenvalue weighted by Crippen LogP contribution is -2.28. The van der Waals surface area contributed by atoms with Crippen LogP contribution in [0, 0.1) is 19.3 Å². The van der Waals surface area contributed by atoms with Crippen LogP contribution in [-0.4, -0.2) is 15.3 Å². The van der Waals surface area contributed by atoms with Crippen LogP contribution in [0.25, 0.3) is 16.9 Å². The second kappa shape index (κ2) is 5.78. The van der Waals surface area contributed by atoms with Gasteiger partial charge in [-0.25, -0.2) is 4.98 Å². The number of hydrogen-bond acceptors (Lipinski definition) is 2. The number of carbonyl (C=O) groups is 1. The first-order chi connectivity index (χ1) is 11.3. The fourth-order valence-electron chi connectivity index (χ4n) is 2.48. The quantitative estimate of drug-likeness (QED) is 0.749. The minimum absolute atomic E-state index is 0.0285. The lowest BCUT2D eigenvalue weighted by Gasteiger charge is -2.18. The van der Waals surface area contributed by atoms with E-state index in [1.807, 2.05) is 62.6 Å². The highest BCUT2D eigenvalue weighted by Crippen LogP contribution is 2.30. The van der Waals surface area contributed by atoms with E-state index in [0.29, 0.717) is 0 Å². The Morgan fingerprint density at radius 3 is 2.25 bits per heavy atom. The van der Waals surface area contributed by atoms with Crippen LogP contribution in [0.5, 0.6) is 0 Å². The number of aromatic nitrogens is 2. The number of aryl methyl sites for hydroxylation is 2. The van der Waals surface area contributed by atoms with E-state index in [1.54, 1.807) is 0 Å². The average molecular weight is 321 g/mol. The molecule has 0 aliphatic rings. The Labute approximate surface area is 142 Å². The zero-order valence-corrected chi connectivity index (χ0v) is 14.8. The van der Waals surface area contributed by atoms with Crippen molar-refractivity contribution in [1.82, 2.24) is 9.38 Å². The lowest BCUT2D eigenvalue weighted by atomic mass is 9.95. The Balaban J connectivity index is 2.19. The number of benzene rings is 1. The van der Waals surface area contributed by atoms with Crippen LogP contribution < -0.4 is 5.32 Å². The van der Waals surface area contributed by atoms with Gasteiger partial charge < -0.3 is 5.32 Å². The molecular weight excluding hydrogens is 298 g/mol. The Morgan fingerprint density at radius 1 is 1.00 bits per heavy atom. The SMILES string of the molecule is Cc1ccc(-c2nc3ccc(C)cn3c2NC(=O)C(C)(C)C)cc1. The van der Waals surface area contributed by atoms with Gasteiger partial charge >= 0.3 is 0 Å². The van der Waals surface area contributed by atoms with Gasteiger partial charge in [-0.3, -0.25) is 9.20 Å². The van der Waals surface area contributed by atoms with Gasteiger partial charge in [0.05, 0.1) is 0 Å². The molecule has 24 heavy (non-hydrogen) atoms. The zero-order chi connectivity index (χ0) is 17.5. The van der Waals surface area contributed by atoms with Crippen molar-refractivity contribution in [1.29, 1.82) is 0 Å². The number of imidazole rings is 1. The number of carbonyl (C=O) groups excluding carboxylic acids is 1. The predicted octanol–water partition coefficient (Wildman–Crippen LogP) is 4.60. The van der Waals surface area contributed by atoms with Crippen molar-refractivity contribution in [3.8, 4) is 11.3 Å². The summed E-state index contributed by atoms with van der Waals surface area (Å²) >= 11 is 0.